The molecule has 0 spiro atoms. The number of hydrogen-bond donors (Lipinski definition) is 1. The summed E-state index contributed by atoms with van der Waals surface area (Å²) in [4.78, 5) is 17.3. The number of thiazole rings is 1. The van der Waals surface area contributed by atoms with Crippen LogP contribution in [0.3, 0.4) is 0 Å². The maximum absolute atomic E-state index is 11.9. The molecule has 1 saturated heterocycles. The standard InChI is InChI=1S/C13H20N2O3S/c1-3-18-11-7-17-6-10(11)15-13(16)5-4-12-9(2)14-8-19-12/h8,10-11H,3-7H2,1-2H3,(H,15,16)/t10-,11-/m0/s1. The molecule has 1 fully saturated rings. The Morgan fingerprint density at radius 3 is 3.16 bits per heavy atom. The predicted molar refractivity (Wildman–Crippen MR) is 73.3 cm³/mol. The van der Waals surface area contributed by atoms with Crippen molar-refractivity contribution in [2.45, 2.75) is 38.8 Å². The monoisotopic (exact) mass is 284 g/mol. The van der Waals surface area contributed by atoms with Gasteiger partial charge in [0, 0.05) is 17.9 Å². The molecule has 0 aliphatic carbocycles. The fourth-order valence-corrected chi connectivity index (χ4v) is 2.90. The number of ether oxygens (including phenoxy) is 2. The molecule has 1 aliphatic heterocycles. The second kappa shape index (κ2) is 6.98. The van der Waals surface area contributed by atoms with Crippen LogP contribution in [0.25, 0.3) is 0 Å². The summed E-state index contributed by atoms with van der Waals surface area (Å²) in [5.41, 5.74) is 2.84. The third-order valence-corrected chi connectivity index (χ3v) is 4.17. The Hall–Kier alpha value is -0.980. The van der Waals surface area contributed by atoms with E-state index in [1.165, 1.54) is 4.88 Å². The third-order valence-electron chi connectivity index (χ3n) is 3.18. The Balaban J connectivity index is 1.76. The molecule has 2 heterocycles. The van der Waals surface area contributed by atoms with Gasteiger partial charge in [0.05, 0.1) is 30.5 Å². The molecule has 1 amide bonds. The van der Waals surface area contributed by atoms with Crippen LogP contribution in [0.15, 0.2) is 5.51 Å². The number of amides is 1. The van der Waals surface area contributed by atoms with Crippen molar-refractivity contribution in [1.29, 1.82) is 0 Å². The van der Waals surface area contributed by atoms with Crippen LogP contribution in [0, 0.1) is 6.92 Å². The number of nitrogens with one attached hydrogen (secondary N) is 1. The van der Waals surface area contributed by atoms with E-state index < -0.39 is 0 Å². The van der Waals surface area contributed by atoms with Crippen LogP contribution in [0.5, 0.6) is 0 Å². The van der Waals surface area contributed by atoms with Crippen molar-refractivity contribution in [2.24, 2.45) is 0 Å². The second-order valence-corrected chi connectivity index (χ2v) is 5.51. The Morgan fingerprint density at radius 1 is 1.63 bits per heavy atom. The van der Waals surface area contributed by atoms with Crippen LogP contribution >= 0.6 is 11.3 Å². The lowest BCUT2D eigenvalue weighted by Crippen LogP contribution is -2.43. The number of nitrogens with zero attached hydrogens (tertiary/aromatic N) is 1. The second-order valence-electron chi connectivity index (χ2n) is 4.57. The largest absolute Gasteiger partial charge is 0.376 e. The number of aromatic nitrogens is 1. The molecule has 1 N–H and O–H groups in total. The Labute approximate surface area is 117 Å². The zero-order valence-electron chi connectivity index (χ0n) is 11.3. The molecule has 106 valence electrons. The van der Waals surface area contributed by atoms with Crippen molar-refractivity contribution in [1.82, 2.24) is 10.3 Å². The van der Waals surface area contributed by atoms with Crippen molar-refractivity contribution in [3.05, 3.63) is 16.1 Å². The zero-order chi connectivity index (χ0) is 13.7. The van der Waals surface area contributed by atoms with E-state index in [0.29, 0.717) is 26.2 Å². The molecule has 0 saturated carbocycles. The van der Waals surface area contributed by atoms with E-state index in [0.717, 1.165) is 12.1 Å². The van der Waals surface area contributed by atoms with Crippen molar-refractivity contribution in [3.63, 3.8) is 0 Å². The SMILES string of the molecule is CCO[C@H]1COC[C@@H]1NC(=O)CCc1scnc1C. The number of carbonyl (C=O) groups excluding carboxylic acids is 1. The lowest BCUT2D eigenvalue weighted by Gasteiger charge is -2.18. The summed E-state index contributed by atoms with van der Waals surface area (Å²) in [7, 11) is 0. The summed E-state index contributed by atoms with van der Waals surface area (Å²) >= 11 is 1.60. The van der Waals surface area contributed by atoms with E-state index in [2.05, 4.69) is 10.3 Å². The highest BCUT2D eigenvalue weighted by molar-refractivity contribution is 7.09. The van der Waals surface area contributed by atoms with Crippen LogP contribution in [-0.2, 0) is 20.7 Å². The highest BCUT2D eigenvalue weighted by Gasteiger charge is 2.29. The summed E-state index contributed by atoms with van der Waals surface area (Å²) in [5, 5.41) is 2.99. The van der Waals surface area contributed by atoms with Gasteiger partial charge in [0.25, 0.3) is 0 Å². The van der Waals surface area contributed by atoms with Crippen LogP contribution in [0.2, 0.25) is 0 Å². The molecule has 0 unspecified atom stereocenters. The van der Waals surface area contributed by atoms with E-state index in [1.807, 2.05) is 19.4 Å². The summed E-state index contributed by atoms with van der Waals surface area (Å²) in [5.74, 6) is 0.0491. The van der Waals surface area contributed by atoms with E-state index in [4.69, 9.17) is 9.47 Å². The molecule has 0 bridgehead atoms. The first-order valence-corrected chi connectivity index (χ1v) is 7.46. The number of rotatable bonds is 6. The van der Waals surface area contributed by atoms with E-state index in [1.54, 1.807) is 11.3 Å². The highest BCUT2D eigenvalue weighted by atomic mass is 32.1. The van der Waals surface area contributed by atoms with E-state index in [9.17, 15) is 4.79 Å². The van der Waals surface area contributed by atoms with Crippen LogP contribution in [-0.4, -0.2) is 42.9 Å². The number of hydrogen-bond acceptors (Lipinski definition) is 5. The lowest BCUT2D eigenvalue weighted by atomic mass is 10.2. The van der Waals surface area contributed by atoms with Crippen molar-refractivity contribution in [3.8, 4) is 0 Å². The van der Waals surface area contributed by atoms with Gasteiger partial charge in [-0.15, -0.1) is 11.3 Å². The molecular weight excluding hydrogens is 264 g/mol. The van der Waals surface area contributed by atoms with Crippen LogP contribution in [0.1, 0.15) is 23.9 Å². The molecular formula is C13H20N2O3S. The van der Waals surface area contributed by atoms with Crippen molar-refractivity contribution >= 4 is 17.2 Å². The van der Waals surface area contributed by atoms with Crippen molar-refractivity contribution < 1.29 is 14.3 Å². The van der Waals surface area contributed by atoms with Crippen LogP contribution in [0.4, 0.5) is 0 Å². The smallest absolute Gasteiger partial charge is 0.220 e. The van der Waals surface area contributed by atoms with Gasteiger partial charge in [-0.3, -0.25) is 4.79 Å². The molecule has 1 aromatic rings. The number of carbonyl (C=O) groups is 1. The quantitative estimate of drug-likeness (QED) is 0.855. The van der Waals surface area contributed by atoms with Crippen LogP contribution < -0.4 is 5.32 Å². The van der Waals surface area contributed by atoms with Gasteiger partial charge in [-0.1, -0.05) is 0 Å². The first-order chi connectivity index (χ1) is 9.20. The minimum atomic E-state index is -0.0185. The summed E-state index contributed by atoms with van der Waals surface area (Å²) < 4.78 is 10.9. The maximum atomic E-state index is 11.9. The van der Waals surface area contributed by atoms with Gasteiger partial charge in [0.15, 0.2) is 0 Å². The molecule has 1 aliphatic rings. The highest BCUT2D eigenvalue weighted by Crippen LogP contribution is 2.15. The Morgan fingerprint density at radius 2 is 2.47 bits per heavy atom. The normalized spacial score (nSPS) is 22.6. The molecule has 5 nitrogen and oxygen atoms in total. The Kier molecular flexibility index (Phi) is 5.30. The van der Waals surface area contributed by atoms with Gasteiger partial charge in [0.2, 0.25) is 5.91 Å². The first-order valence-electron chi connectivity index (χ1n) is 6.58. The molecule has 1 aromatic heterocycles. The lowest BCUT2D eigenvalue weighted by molar-refractivity contribution is -0.122. The topological polar surface area (TPSA) is 60.5 Å². The summed E-state index contributed by atoms with van der Waals surface area (Å²) in [6.07, 6.45) is 1.22. The summed E-state index contributed by atoms with van der Waals surface area (Å²) in [6.45, 7) is 5.66. The van der Waals surface area contributed by atoms with Gasteiger partial charge in [-0.2, -0.15) is 0 Å². The average Bonchev–Trinajstić information content (AvgIpc) is 2.97. The molecule has 2 atom stereocenters. The zero-order valence-corrected chi connectivity index (χ0v) is 12.2. The molecule has 0 radical (unpaired) electrons. The minimum Gasteiger partial charge on any atom is -0.376 e. The van der Waals surface area contributed by atoms with Gasteiger partial charge in [0.1, 0.15) is 6.10 Å². The van der Waals surface area contributed by atoms with Gasteiger partial charge < -0.3 is 14.8 Å². The predicted octanol–water partition coefficient (Wildman–Crippen LogP) is 1.30. The van der Waals surface area contributed by atoms with Gasteiger partial charge in [-0.25, -0.2) is 4.98 Å². The molecule has 19 heavy (non-hydrogen) atoms. The van der Waals surface area contributed by atoms with E-state index >= 15 is 0 Å². The molecule has 0 aromatic carbocycles. The number of aryl methyl sites for hydroxylation is 2. The fraction of sp³-hybridized carbons (Fsp3) is 0.692. The van der Waals surface area contributed by atoms with Crippen molar-refractivity contribution in [2.75, 3.05) is 19.8 Å². The third kappa shape index (κ3) is 3.99. The first kappa shape index (κ1) is 14.4. The fourth-order valence-electron chi connectivity index (χ4n) is 2.12. The average molecular weight is 284 g/mol. The van der Waals surface area contributed by atoms with Gasteiger partial charge in [-0.05, 0) is 20.3 Å². The molecule has 2 rings (SSSR count). The maximum Gasteiger partial charge on any atom is 0.220 e. The minimum absolute atomic E-state index is 0.0147. The summed E-state index contributed by atoms with van der Waals surface area (Å²) in [6, 6.07) is -0.0185. The molecule has 6 heteroatoms. The van der Waals surface area contributed by atoms with Gasteiger partial charge >= 0.3 is 0 Å². The Bertz CT molecular complexity index is 422. The van der Waals surface area contributed by atoms with E-state index in [-0.39, 0.29) is 18.1 Å².